The van der Waals surface area contributed by atoms with E-state index in [0.29, 0.717) is 26.1 Å². The predicted molar refractivity (Wildman–Crippen MR) is 129 cm³/mol. The molecule has 1 unspecified atom stereocenters. The number of carbonyl (C=O) groups excluding carboxylic acids is 2. The molecule has 0 bridgehead atoms. The molecule has 33 heavy (non-hydrogen) atoms. The van der Waals surface area contributed by atoms with Crippen LogP contribution < -0.4 is 15.5 Å². The summed E-state index contributed by atoms with van der Waals surface area (Å²) in [6.07, 6.45) is 8.65. The molecule has 1 aromatic carbocycles. The van der Waals surface area contributed by atoms with Gasteiger partial charge in [0.05, 0.1) is 7.11 Å². The van der Waals surface area contributed by atoms with Gasteiger partial charge in [0.2, 0.25) is 5.43 Å². The Balaban J connectivity index is 1.83. The van der Waals surface area contributed by atoms with Gasteiger partial charge in [0.15, 0.2) is 0 Å². The number of hydrogen-bond acceptors (Lipinski definition) is 4. The summed E-state index contributed by atoms with van der Waals surface area (Å²) in [4.78, 5) is 41.2. The summed E-state index contributed by atoms with van der Waals surface area (Å²) in [5.74, 6) is 0.0241. The maximum absolute atomic E-state index is 13.2. The van der Waals surface area contributed by atoms with Crippen LogP contribution in [0.15, 0.2) is 41.5 Å². The Morgan fingerprint density at radius 2 is 1.73 bits per heavy atom. The molecule has 178 valence electrons. The standard InChI is InChI=1S/C26H35N3O4/c1-4-19(2)29-17-21(25(31)27-14-13-20-11-7-8-12-23(20)33-3)24(30)22(18-29)26(32)28-15-9-5-6-10-16-28/h7-8,11-12,17-19H,4-6,9-10,13-16H2,1-3H3,(H,27,31). The third kappa shape index (κ3) is 6.03. The van der Waals surface area contributed by atoms with Crippen LogP contribution in [-0.4, -0.2) is 48.0 Å². The number of nitrogens with one attached hydrogen (secondary N) is 1. The van der Waals surface area contributed by atoms with Crippen molar-refractivity contribution in [2.45, 2.75) is 58.4 Å². The van der Waals surface area contributed by atoms with E-state index in [2.05, 4.69) is 5.32 Å². The summed E-state index contributed by atoms with van der Waals surface area (Å²) in [5.41, 5.74) is 0.562. The van der Waals surface area contributed by atoms with Gasteiger partial charge in [0, 0.05) is 38.1 Å². The topological polar surface area (TPSA) is 80.6 Å². The van der Waals surface area contributed by atoms with Crippen LogP contribution in [0.2, 0.25) is 0 Å². The summed E-state index contributed by atoms with van der Waals surface area (Å²) in [5, 5.41) is 2.85. The molecule has 1 fully saturated rings. The molecular weight excluding hydrogens is 418 g/mol. The quantitative estimate of drug-likeness (QED) is 0.659. The van der Waals surface area contributed by atoms with Crippen LogP contribution in [0.4, 0.5) is 0 Å². The molecule has 2 aromatic rings. The molecule has 2 amide bonds. The monoisotopic (exact) mass is 453 g/mol. The number of nitrogens with zero attached hydrogens (tertiary/aromatic N) is 2. The Morgan fingerprint density at radius 3 is 2.39 bits per heavy atom. The van der Waals surface area contributed by atoms with Crippen molar-refractivity contribution in [3.8, 4) is 5.75 Å². The van der Waals surface area contributed by atoms with Crippen molar-refractivity contribution in [2.75, 3.05) is 26.7 Å². The highest BCUT2D eigenvalue weighted by atomic mass is 16.5. The molecule has 2 heterocycles. The normalized spacial score (nSPS) is 14.9. The van der Waals surface area contributed by atoms with Gasteiger partial charge in [-0.05, 0) is 44.2 Å². The molecule has 1 aromatic heterocycles. The maximum atomic E-state index is 13.2. The highest BCUT2D eigenvalue weighted by Crippen LogP contribution is 2.18. The number of amides is 2. The van der Waals surface area contributed by atoms with Crippen molar-refractivity contribution < 1.29 is 14.3 Å². The van der Waals surface area contributed by atoms with E-state index in [9.17, 15) is 14.4 Å². The fraction of sp³-hybridized carbons (Fsp3) is 0.500. The minimum atomic E-state index is -0.501. The van der Waals surface area contributed by atoms with Crippen LogP contribution in [-0.2, 0) is 6.42 Å². The lowest BCUT2D eigenvalue weighted by molar-refractivity contribution is 0.0759. The van der Waals surface area contributed by atoms with Crippen molar-refractivity contribution >= 4 is 11.8 Å². The summed E-state index contributed by atoms with van der Waals surface area (Å²) in [7, 11) is 1.61. The highest BCUT2D eigenvalue weighted by Gasteiger charge is 2.24. The van der Waals surface area contributed by atoms with Crippen molar-refractivity contribution in [3.05, 3.63) is 63.6 Å². The van der Waals surface area contributed by atoms with Gasteiger partial charge in [-0.1, -0.05) is 38.0 Å². The zero-order valence-electron chi connectivity index (χ0n) is 19.9. The number of carbonyl (C=O) groups is 2. The van der Waals surface area contributed by atoms with E-state index in [-0.39, 0.29) is 23.1 Å². The molecule has 0 saturated carbocycles. The highest BCUT2D eigenvalue weighted by molar-refractivity contribution is 5.99. The van der Waals surface area contributed by atoms with E-state index in [4.69, 9.17) is 4.74 Å². The number of rotatable bonds is 8. The number of methoxy groups -OCH3 is 1. The van der Waals surface area contributed by atoms with Gasteiger partial charge in [0.1, 0.15) is 16.9 Å². The number of benzene rings is 1. The fourth-order valence-electron chi connectivity index (χ4n) is 4.14. The molecule has 1 aliphatic rings. The Kier molecular flexibility index (Phi) is 8.69. The lowest BCUT2D eigenvalue weighted by Gasteiger charge is -2.22. The molecule has 1 atom stereocenters. The number of hydrogen-bond donors (Lipinski definition) is 1. The smallest absolute Gasteiger partial charge is 0.259 e. The zero-order chi connectivity index (χ0) is 23.8. The van der Waals surface area contributed by atoms with Crippen LogP contribution in [0.25, 0.3) is 0 Å². The molecule has 1 aliphatic heterocycles. The van der Waals surface area contributed by atoms with Gasteiger partial charge in [-0.2, -0.15) is 0 Å². The first-order valence-electron chi connectivity index (χ1n) is 11.9. The molecule has 1 N–H and O–H groups in total. The van der Waals surface area contributed by atoms with E-state index >= 15 is 0 Å². The van der Waals surface area contributed by atoms with Gasteiger partial charge in [-0.3, -0.25) is 14.4 Å². The Labute approximate surface area is 195 Å². The first-order chi connectivity index (χ1) is 16.0. The number of aromatic nitrogens is 1. The summed E-state index contributed by atoms with van der Waals surface area (Å²) < 4.78 is 7.18. The number of pyridine rings is 1. The molecule has 1 saturated heterocycles. The maximum Gasteiger partial charge on any atom is 0.259 e. The molecular formula is C26H35N3O4. The number of likely N-dealkylation sites (tertiary alicyclic amines) is 1. The van der Waals surface area contributed by atoms with Gasteiger partial charge in [-0.25, -0.2) is 0 Å². The third-order valence-corrected chi connectivity index (χ3v) is 6.39. The van der Waals surface area contributed by atoms with E-state index in [0.717, 1.165) is 43.4 Å². The van der Waals surface area contributed by atoms with Crippen LogP contribution in [0.5, 0.6) is 5.75 Å². The second-order valence-corrected chi connectivity index (χ2v) is 8.64. The third-order valence-electron chi connectivity index (χ3n) is 6.39. The zero-order valence-corrected chi connectivity index (χ0v) is 19.9. The second-order valence-electron chi connectivity index (χ2n) is 8.64. The summed E-state index contributed by atoms with van der Waals surface area (Å²) in [6, 6.07) is 7.69. The SMILES string of the molecule is CCC(C)n1cc(C(=O)NCCc2ccccc2OC)c(=O)c(C(=O)N2CCCCCC2)c1. The lowest BCUT2D eigenvalue weighted by Crippen LogP contribution is -2.38. The molecule has 7 heteroatoms. The molecule has 3 rings (SSSR count). The van der Waals surface area contributed by atoms with Crippen LogP contribution in [0, 0.1) is 0 Å². The van der Waals surface area contributed by atoms with Gasteiger partial charge < -0.3 is 19.5 Å². The molecule has 7 nitrogen and oxygen atoms in total. The number of ether oxygens (including phenoxy) is 1. The first kappa shape index (κ1) is 24.6. The van der Waals surface area contributed by atoms with Crippen LogP contribution >= 0.6 is 0 Å². The van der Waals surface area contributed by atoms with Crippen LogP contribution in [0.1, 0.15) is 78.3 Å². The predicted octanol–water partition coefficient (Wildman–Crippen LogP) is 3.82. The van der Waals surface area contributed by atoms with Crippen molar-refractivity contribution in [2.24, 2.45) is 0 Å². The fourth-order valence-corrected chi connectivity index (χ4v) is 4.14. The van der Waals surface area contributed by atoms with Gasteiger partial charge >= 0.3 is 0 Å². The van der Waals surface area contributed by atoms with Crippen LogP contribution in [0.3, 0.4) is 0 Å². The minimum Gasteiger partial charge on any atom is -0.496 e. The second kappa shape index (κ2) is 11.7. The van der Waals surface area contributed by atoms with Crippen molar-refractivity contribution in [1.29, 1.82) is 0 Å². The average molecular weight is 454 g/mol. The van der Waals surface area contributed by atoms with Gasteiger partial charge in [-0.15, -0.1) is 0 Å². The van der Waals surface area contributed by atoms with E-state index in [1.807, 2.05) is 42.7 Å². The Hall–Kier alpha value is -3.09. The van der Waals surface area contributed by atoms with Crippen molar-refractivity contribution in [3.63, 3.8) is 0 Å². The van der Waals surface area contributed by atoms with E-state index < -0.39 is 11.3 Å². The summed E-state index contributed by atoms with van der Waals surface area (Å²) in [6.45, 7) is 5.69. The van der Waals surface area contributed by atoms with E-state index in [1.165, 1.54) is 0 Å². The average Bonchev–Trinajstić information content (AvgIpc) is 3.13. The number of para-hydroxylation sites is 1. The van der Waals surface area contributed by atoms with Crippen molar-refractivity contribution in [1.82, 2.24) is 14.8 Å². The van der Waals surface area contributed by atoms with Gasteiger partial charge in [0.25, 0.3) is 11.8 Å². The largest absolute Gasteiger partial charge is 0.496 e. The first-order valence-corrected chi connectivity index (χ1v) is 11.9. The molecule has 0 radical (unpaired) electrons. The minimum absolute atomic E-state index is 0.0102. The summed E-state index contributed by atoms with van der Waals surface area (Å²) >= 11 is 0. The Bertz CT molecular complexity index is 1020. The lowest BCUT2D eigenvalue weighted by atomic mass is 10.1. The molecule has 0 aliphatic carbocycles. The Morgan fingerprint density at radius 1 is 1.06 bits per heavy atom. The molecule has 0 spiro atoms. The van der Waals surface area contributed by atoms with E-state index in [1.54, 1.807) is 24.4 Å².